The van der Waals surface area contributed by atoms with Gasteiger partial charge in [0.25, 0.3) is 5.91 Å². The lowest BCUT2D eigenvalue weighted by Crippen LogP contribution is -2.64. The number of likely N-dealkylation sites (tertiary alicyclic amines) is 1. The SMILES string of the molecule is Cc1ncsc1CN1CC2(C1)OCCC2CCNC(=O)c1ccnn1C. The van der Waals surface area contributed by atoms with Crippen LogP contribution >= 0.6 is 11.3 Å². The van der Waals surface area contributed by atoms with E-state index in [2.05, 4.69) is 27.2 Å². The second kappa shape index (κ2) is 7.09. The molecule has 2 saturated heterocycles. The van der Waals surface area contributed by atoms with Gasteiger partial charge in [0, 0.05) is 50.9 Å². The molecule has 4 rings (SSSR count). The van der Waals surface area contributed by atoms with Crippen LogP contribution in [0.4, 0.5) is 0 Å². The van der Waals surface area contributed by atoms with E-state index in [1.807, 2.05) is 5.51 Å². The van der Waals surface area contributed by atoms with E-state index in [9.17, 15) is 4.79 Å². The zero-order chi connectivity index (χ0) is 18.1. The molecule has 1 atom stereocenters. The average Bonchev–Trinajstić information content (AvgIpc) is 3.29. The van der Waals surface area contributed by atoms with Gasteiger partial charge in [-0.25, -0.2) is 4.98 Å². The van der Waals surface area contributed by atoms with E-state index in [1.165, 1.54) is 4.88 Å². The molecule has 7 nitrogen and oxygen atoms in total. The Morgan fingerprint density at radius 2 is 2.35 bits per heavy atom. The van der Waals surface area contributed by atoms with E-state index >= 15 is 0 Å². The molecule has 0 radical (unpaired) electrons. The summed E-state index contributed by atoms with van der Waals surface area (Å²) in [6.07, 6.45) is 3.68. The normalized spacial score (nSPS) is 21.8. The molecule has 8 heteroatoms. The standard InChI is InChI=1S/C18H25N5O2S/c1-13-16(26-12-20-13)9-23-10-18(11-23)14(5-8-25-18)3-6-19-17(24)15-4-7-21-22(15)2/h4,7,12,14H,3,5-6,8-11H2,1-2H3,(H,19,24). The van der Waals surface area contributed by atoms with Gasteiger partial charge in [0.1, 0.15) is 5.69 Å². The average molecular weight is 375 g/mol. The summed E-state index contributed by atoms with van der Waals surface area (Å²) < 4.78 is 7.73. The number of carbonyl (C=O) groups is 1. The molecule has 1 amide bonds. The van der Waals surface area contributed by atoms with Crippen molar-refractivity contribution in [2.45, 2.75) is 31.9 Å². The monoisotopic (exact) mass is 375 g/mol. The highest BCUT2D eigenvalue weighted by molar-refractivity contribution is 7.09. The second-order valence-electron chi connectivity index (χ2n) is 7.29. The number of nitrogens with one attached hydrogen (secondary N) is 1. The molecule has 2 aliphatic rings. The predicted octanol–water partition coefficient (Wildman–Crippen LogP) is 1.60. The maximum Gasteiger partial charge on any atom is 0.269 e. The summed E-state index contributed by atoms with van der Waals surface area (Å²) >= 11 is 1.73. The van der Waals surface area contributed by atoms with Crippen molar-refractivity contribution >= 4 is 17.2 Å². The zero-order valence-corrected chi connectivity index (χ0v) is 16.1. The molecule has 0 aliphatic carbocycles. The molecule has 4 heterocycles. The number of amides is 1. The maximum absolute atomic E-state index is 12.2. The van der Waals surface area contributed by atoms with Crippen molar-refractivity contribution in [3.8, 4) is 0 Å². The van der Waals surface area contributed by atoms with Gasteiger partial charge in [-0.3, -0.25) is 14.4 Å². The highest BCUT2D eigenvalue weighted by atomic mass is 32.1. The molecule has 26 heavy (non-hydrogen) atoms. The number of thiazole rings is 1. The van der Waals surface area contributed by atoms with Crippen molar-refractivity contribution in [2.24, 2.45) is 13.0 Å². The summed E-state index contributed by atoms with van der Waals surface area (Å²) in [7, 11) is 1.78. The van der Waals surface area contributed by atoms with E-state index in [-0.39, 0.29) is 11.5 Å². The summed E-state index contributed by atoms with van der Waals surface area (Å²) in [6.45, 7) is 6.49. The third kappa shape index (κ3) is 3.28. The Labute approximate surface area is 157 Å². The van der Waals surface area contributed by atoms with Gasteiger partial charge in [-0.2, -0.15) is 5.10 Å². The van der Waals surface area contributed by atoms with Crippen LogP contribution < -0.4 is 5.32 Å². The van der Waals surface area contributed by atoms with Crippen LogP contribution in [0.1, 0.15) is 33.9 Å². The molecule has 140 valence electrons. The van der Waals surface area contributed by atoms with Crippen molar-refractivity contribution in [2.75, 3.05) is 26.2 Å². The first-order valence-electron chi connectivity index (χ1n) is 9.09. The number of aryl methyl sites for hydroxylation is 2. The molecule has 1 unspecified atom stereocenters. The Bertz CT molecular complexity index is 780. The molecular formula is C18H25N5O2S. The lowest BCUT2D eigenvalue weighted by molar-refractivity contribution is -0.136. The molecular weight excluding hydrogens is 350 g/mol. The lowest BCUT2D eigenvalue weighted by Gasteiger charge is -2.50. The molecule has 2 aromatic heterocycles. The molecule has 2 aliphatic heterocycles. The summed E-state index contributed by atoms with van der Waals surface area (Å²) in [5, 5.41) is 7.06. The van der Waals surface area contributed by atoms with Crippen LogP contribution in [0.5, 0.6) is 0 Å². The van der Waals surface area contributed by atoms with E-state index < -0.39 is 0 Å². The number of hydrogen-bond acceptors (Lipinski definition) is 6. The lowest BCUT2D eigenvalue weighted by atomic mass is 9.79. The fraction of sp³-hybridized carbons (Fsp3) is 0.611. The van der Waals surface area contributed by atoms with Crippen molar-refractivity contribution in [3.63, 3.8) is 0 Å². The number of nitrogens with zero attached hydrogens (tertiary/aromatic N) is 4. The van der Waals surface area contributed by atoms with Crippen LogP contribution in [0.3, 0.4) is 0 Å². The van der Waals surface area contributed by atoms with Crippen LogP contribution in [0.15, 0.2) is 17.8 Å². The van der Waals surface area contributed by atoms with E-state index in [0.29, 0.717) is 18.2 Å². The Hall–Kier alpha value is -1.77. The molecule has 0 aromatic carbocycles. The van der Waals surface area contributed by atoms with Gasteiger partial charge in [-0.15, -0.1) is 11.3 Å². The molecule has 2 aromatic rings. The quantitative estimate of drug-likeness (QED) is 0.830. The molecule has 1 spiro atoms. The second-order valence-corrected chi connectivity index (χ2v) is 8.23. The van der Waals surface area contributed by atoms with Crippen molar-refractivity contribution in [3.05, 3.63) is 34.0 Å². The van der Waals surface area contributed by atoms with Gasteiger partial charge >= 0.3 is 0 Å². The summed E-state index contributed by atoms with van der Waals surface area (Å²) in [6, 6.07) is 1.74. The highest BCUT2D eigenvalue weighted by Gasteiger charge is 2.52. The first-order chi connectivity index (χ1) is 12.6. The van der Waals surface area contributed by atoms with Gasteiger partial charge in [0.05, 0.1) is 16.8 Å². The Kier molecular flexibility index (Phi) is 4.81. The maximum atomic E-state index is 12.2. The first kappa shape index (κ1) is 17.6. The van der Waals surface area contributed by atoms with Crippen LogP contribution in [0.25, 0.3) is 0 Å². The van der Waals surface area contributed by atoms with Gasteiger partial charge < -0.3 is 10.1 Å². The highest BCUT2D eigenvalue weighted by Crippen LogP contribution is 2.42. The summed E-state index contributed by atoms with van der Waals surface area (Å²) in [5.41, 5.74) is 3.63. The van der Waals surface area contributed by atoms with Crippen molar-refractivity contribution in [1.82, 2.24) is 25.0 Å². The number of rotatable bonds is 6. The Morgan fingerprint density at radius 1 is 1.50 bits per heavy atom. The topological polar surface area (TPSA) is 72.3 Å². The van der Waals surface area contributed by atoms with E-state index in [0.717, 1.165) is 44.8 Å². The Morgan fingerprint density at radius 3 is 3.04 bits per heavy atom. The van der Waals surface area contributed by atoms with Crippen LogP contribution in [-0.4, -0.2) is 57.4 Å². The van der Waals surface area contributed by atoms with Gasteiger partial charge in [0.15, 0.2) is 0 Å². The minimum atomic E-state index is -0.0612. The molecule has 1 N–H and O–H groups in total. The van der Waals surface area contributed by atoms with Crippen molar-refractivity contribution in [1.29, 1.82) is 0 Å². The number of aromatic nitrogens is 3. The largest absolute Gasteiger partial charge is 0.372 e. The van der Waals surface area contributed by atoms with E-state index in [4.69, 9.17) is 4.74 Å². The smallest absolute Gasteiger partial charge is 0.269 e. The van der Waals surface area contributed by atoms with Gasteiger partial charge in [0.2, 0.25) is 0 Å². The van der Waals surface area contributed by atoms with Gasteiger partial charge in [-0.05, 0) is 31.7 Å². The number of carbonyl (C=O) groups excluding carboxylic acids is 1. The molecule has 2 fully saturated rings. The minimum absolute atomic E-state index is 0.0180. The molecule has 0 saturated carbocycles. The Balaban J connectivity index is 1.26. The van der Waals surface area contributed by atoms with Crippen LogP contribution in [0, 0.1) is 12.8 Å². The predicted molar refractivity (Wildman–Crippen MR) is 99.1 cm³/mol. The zero-order valence-electron chi connectivity index (χ0n) is 15.3. The fourth-order valence-electron chi connectivity index (χ4n) is 4.09. The summed E-state index contributed by atoms with van der Waals surface area (Å²) in [4.78, 5) is 20.3. The van der Waals surface area contributed by atoms with E-state index in [1.54, 1.807) is 35.3 Å². The first-order valence-corrected chi connectivity index (χ1v) is 9.97. The van der Waals surface area contributed by atoms with Crippen LogP contribution in [0.2, 0.25) is 0 Å². The third-order valence-electron chi connectivity index (χ3n) is 5.63. The van der Waals surface area contributed by atoms with Crippen molar-refractivity contribution < 1.29 is 9.53 Å². The van der Waals surface area contributed by atoms with Gasteiger partial charge in [-0.1, -0.05) is 0 Å². The third-order valence-corrected chi connectivity index (χ3v) is 6.55. The number of ether oxygens (including phenoxy) is 1. The number of hydrogen-bond donors (Lipinski definition) is 1. The van der Waals surface area contributed by atoms with Crippen LogP contribution in [-0.2, 0) is 18.3 Å². The molecule has 0 bridgehead atoms. The minimum Gasteiger partial charge on any atom is -0.372 e. The fourth-order valence-corrected chi connectivity index (χ4v) is 4.91. The summed E-state index contributed by atoms with van der Waals surface area (Å²) in [5.74, 6) is 0.446.